The van der Waals surface area contributed by atoms with E-state index in [9.17, 15) is 5.11 Å². The Morgan fingerprint density at radius 2 is 1.71 bits per heavy atom. The van der Waals surface area contributed by atoms with E-state index in [1.54, 1.807) is 12.2 Å². The van der Waals surface area contributed by atoms with Crippen LogP contribution in [0.1, 0.15) is 5.56 Å². The van der Waals surface area contributed by atoms with Gasteiger partial charge in [-0.25, -0.2) is 0 Å². The number of aliphatic hydroxyl groups is 1. The molecule has 0 aromatic heterocycles. The molecule has 1 N–H and O–H groups in total. The molecule has 1 heteroatoms. The molecule has 0 spiro atoms. The van der Waals surface area contributed by atoms with Gasteiger partial charge in [0, 0.05) is 0 Å². The first-order valence-corrected chi connectivity index (χ1v) is 5.53. The van der Waals surface area contributed by atoms with Crippen LogP contribution >= 0.6 is 0 Å². The molecule has 1 aliphatic carbocycles. The summed E-state index contributed by atoms with van der Waals surface area (Å²) in [6, 6.07) is 9.89. The van der Waals surface area contributed by atoms with Crippen molar-refractivity contribution in [1.29, 1.82) is 0 Å². The van der Waals surface area contributed by atoms with Crippen molar-refractivity contribution in [3.8, 4) is 0 Å². The molecular weight excluding hydrogens is 208 g/mol. The molecule has 0 bridgehead atoms. The highest BCUT2D eigenvalue weighted by atomic mass is 16.3. The number of hydrogen-bond acceptors (Lipinski definition) is 1. The molecule has 0 unspecified atom stereocenters. The second-order valence-electron chi connectivity index (χ2n) is 3.72. The Kier molecular flexibility index (Phi) is 3.77. The highest BCUT2D eigenvalue weighted by Crippen LogP contribution is 2.08. The molecule has 0 saturated heterocycles. The van der Waals surface area contributed by atoms with Crippen molar-refractivity contribution in [2.24, 2.45) is 0 Å². The SMILES string of the molecule is OC(C=Cc1ccccc1)=CC=C1C=CC=C1. The Bertz CT molecular complexity index is 500. The second kappa shape index (κ2) is 5.71. The van der Waals surface area contributed by atoms with E-state index in [2.05, 4.69) is 0 Å². The molecule has 1 nitrogen and oxygen atoms in total. The summed E-state index contributed by atoms with van der Waals surface area (Å²) in [5.74, 6) is 0.245. The van der Waals surface area contributed by atoms with Crippen LogP contribution in [0, 0.1) is 0 Å². The Morgan fingerprint density at radius 3 is 2.41 bits per heavy atom. The molecule has 1 aromatic rings. The molecule has 0 radical (unpaired) electrons. The van der Waals surface area contributed by atoms with Gasteiger partial charge in [-0.15, -0.1) is 0 Å². The maximum absolute atomic E-state index is 9.65. The standard InChI is InChI=1S/C16H14O/c17-16(13-11-15-8-4-5-9-15)12-10-14-6-2-1-3-7-14/h1-13,17H. The van der Waals surface area contributed by atoms with Gasteiger partial charge in [0.15, 0.2) is 0 Å². The van der Waals surface area contributed by atoms with E-state index in [0.29, 0.717) is 0 Å². The Hall–Kier alpha value is -2.28. The van der Waals surface area contributed by atoms with E-state index in [1.165, 1.54) is 0 Å². The first-order valence-electron chi connectivity index (χ1n) is 5.53. The van der Waals surface area contributed by atoms with Gasteiger partial charge in [0.2, 0.25) is 0 Å². The zero-order chi connectivity index (χ0) is 11.9. The van der Waals surface area contributed by atoms with E-state index in [4.69, 9.17) is 0 Å². The van der Waals surface area contributed by atoms with Crippen LogP contribution in [0.25, 0.3) is 6.08 Å². The summed E-state index contributed by atoms with van der Waals surface area (Å²) in [6.07, 6.45) is 15.1. The van der Waals surface area contributed by atoms with Crippen LogP contribution < -0.4 is 0 Å². The lowest BCUT2D eigenvalue weighted by atomic mass is 10.2. The molecule has 2 rings (SSSR count). The zero-order valence-corrected chi connectivity index (χ0v) is 9.45. The molecular formula is C16H14O. The van der Waals surface area contributed by atoms with Gasteiger partial charge in [-0.3, -0.25) is 0 Å². The quantitative estimate of drug-likeness (QED) is 0.600. The second-order valence-corrected chi connectivity index (χ2v) is 3.72. The third kappa shape index (κ3) is 3.65. The highest BCUT2D eigenvalue weighted by Gasteiger charge is 1.90. The van der Waals surface area contributed by atoms with Crippen molar-refractivity contribution < 1.29 is 5.11 Å². The van der Waals surface area contributed by atoms with Crippen molar-refractivity contribution in [3.05, 3.63) is 89.8 Å². The van der Waals surface area contributed by atoms with Crippen LogP contribution in [0.15, 0.2) is 84.2 Å². The van der Waals surface area contributed by atoms with Crippen molar-refractivity contribution >= 4 is 6.08 Å². The van der Waals surface area contributed by atoms with E-state index in [1.807, 2.05) is 66.8 Å². The molecule has 0 saturated carbocycles. The number of aliphatic hydroxyl groups excluding tert-OH is 1. The number of allylic oxidation sites excluding steroid dienone is 8. The van der Waals surface area contributed by atoms with Crippen molar-refractivity contribution in [1.82, 2.24) is 0 Å². The Labute approximate surface area is 101 Å². The molecule has 0 aliphatic heterocycles. The summed E-state index contributed by atoms with van der Waals surface area (Å²) in [7, 11) is 0. The minimum Gasteiger partial charge on any atom is -0.508 e. The minimum atomic E-state index is 0.245. The predicted molar refractivity (Wildman–Crippen MR) is 72.6 cm³/mol. The summed E-state index contributed by atoms with van der Waals surface area (Å²) >= 11 is 0. The van der Waals surface area contributed by atoms with Crippen molar-refractivity contribution in [2.75, 3.05) is 0 Å². The third-order valence-corrected chi connectivity index (χ3v) is 2.38. The minimum absolute atomic E-state index is 0.245. The number of rotatable bonds is 3. The van der Waals surface area contributed by atoms with Gasteiger partial charge in [0.05, 0.1) is 0 Å². The van der Waals surface area contributed by atoms with Crippen LogP contribution in [0.3, 0.4) is 0 Å². The van der Waals surface area contributed by atoms with Gasteiger partial charge in [0.25, 0.3) is 0 Å². The number of hydrogen-bond donors (Lipinski definition) is 1. The van der Waals surface area contributed by atoms with Crippen LogP contribution in [-0.4, -0.2) is 5.11 Å². The van der Waals surface area contributed by atoms with E-state index in [0.717, 1.165) is 11.1 Å². The van der Waals surface area contributed by atoms with Crippen LogP contribution in [-0.2, 0) is 0 Å². The maximum atomic E-state index is 9.65. The van der Waals surface area contributed by atoms with Gasteiger partial charge in [-0.05, 0) is 23.3 Å². The van der Waals surface area contributed by atoms with Crippen molar-refractivity contribution in [3.63, 3.8) is 0 Å². The fraction of sp³-hybridized carbons (Fsp3) is 0. The van der Waals surface area contributed by atoms with Gasteiger partial charge in [-0.2, -0.15) is 0 Å². The van der Waals surface area contributed by atoms with Crippen LogP contribution in [0.2, 0.25) is 0 Å². The zero-order valence-electron chi connectivity index (χ0n) is 9.45. The fourth-order valence-corrected chi connectivity index (χ4v) is 1.48. The molecule has 0 heterocycles. The largest absolute Gasteiger partial charge is 0.508 e. The number of benzene rings is 1. The average Bonchev–Trinajstić information content (AvgIpc) is 2.88. The Balaban J connectivity index is 2.01. The van der Waals surface area contributed by atoms with Gasteiger partial charge >= 0.3 is 0 Å². The molecule has 1 aromatic carbocycles. The van der Waals surface area contributed by atoms with Gasteiger partial charge < -0.3 is 5.11 Å². The molecule has 0 atom stereocenters. The van der Waals surface area contributed by atoms with E-state index < -0.39 is 0 Å². The third-order valence-electron chi connectivity index (χ3n) is 2.38. The lowest BCUT2D eigenvalue weighted by Gasteiger charge is -1.92. The first kappa shape index (κ1) is 11.2. The first-order chi connectivity index (χ1) is 8.34. The lowest BCUT2D eigenvalue weighted by Crippen LogP contribution is -1.74. The van der Waals surface area contributed by atoms with Gasteiger partial charge in [0.1, 0.15) is 5.76 Å². The van der Waals surface area contributed by atoms with E-state index in [-0.39, 0.29) is 5.76 Å². The highest BCUT2D eigenvalue weighted by molar-refractivity contribution is 5.52. The topological polar surface area (TPSA) is 20.2 Å². The summed E-state index contributed by atoms with van der Waals surface area (Å²) in [5, 5.41) is 9.65. The Morgan fingerprint density at radius 1 is 1.00 bits per heavy atom. The predicted octanol–water partition coefficient (Wildman–Crippen LogP) is 4.19. The molecule has 1 aliphatic rings. The van der Waals surface area contributed by atoms with E-state index >= 15 is 0 Å². The fourth-order valence-electron chi connectivity index (χ4n) is 1.48. The van der Waals surface area contributed by atoms with Crippen LogP contribution in [0.5, 0.6) is 0 Å². The smallest absolute Gasteiger partial charge is 0.115 e. The normalized spacial score (nSPS) is 14.8. The summed E-state index contributed by atoms with van der Waals surface area (Å²) < 4.78 is 0. The van der Waals surface area contributed by atoms with Gasteiger partial charge in [-0.1, -0.05) is 66.8 Å². The molecule has 17 heavy (non-hydrogen) atoms. The maximum Gasteiger partial charge on any atom is 0.115 e. The average molecular weight is 222 g/mol. The summed E-state index contributed by atoms with van der Waals surface area (Å²) in [4.78, 5) is 0. The van der Waals surface area contributed by atoms with Crippen molar-refractivity contribution in [2.45, 2.75) is 0 Å². The molecule has 0 fully saturated rings. The van der Waals surface area contributed by atoms with Crippen LogP contribution in [0.4, 0.5) is 0 Å². The lowest BCUT2D eigenvalue weighted by molar-refractivity contribution is 0.433. The summed E-state index contributed by atoms with van der Waals surface area (Å²) in [6.45, 7) is 0. The monoisotopic (exact) mass is 222 g/mol. The summed E-state index contributed by atoms with van der Waals surface area (Å²) in [5.41, 5.74) is 2.16. The molecule has 84 valence electrons. The molecule has 0 amide bonds.